The molecular weight excluding hydrogens is 258 g/mol. The monoisotopic (exact) mass is 265 g/mol. The first-order valence-electron chi connectivity index (χ1n) is 4.38. The van der Waals surface area contributed by atoms with Crippen LogP contribution < -0.4 is 5.73 Å². The van der Waals surface area contributed by atoms with E-state index in [1.807, 2.05) is 0 Å². The van der Waals surface area contributed by atoms with Crippen LogP contribution in [0.2, 0.25) is 0 Å². The van der Waals surface area contributed by atoms with Crippen molar-refractivity contribution in [1.82, 2.24) is 0 Å². The zero-order valence-electron chi connectivity index (χ0n) is 8.00. The number of benzene rings is 1. The molecule has 2 rings (SSSR count). The van der Waals surface area contributed by atoms with Gasteiger partial charge in [-0.15, -0.1) is 0 Å². The minimum Gasteiger partial charge on any atom is -0.395 e. The van der Waals surface area contributed by atoms with Gasteiger partial charge in [-0.3, -0.25) is 9.59 Å². The van der Waals surface area contributed by atoms with Crippen molar-refractivity contribution in [1.29, 1.82) is 0 Å². The summed E-state index contributed by atoms with van der Waals surface area (Å²) in [6.07, 6.45) is 0. The van der Waals surface area contributed by atoms with Crippen molar-refractivity contribution >= 4 is 27.5 Å². The van der Waals surface area contributed by atoms with Gasteiger partial charge >= 0.3 is 0 Å². The number of allylic oxidation sites excluding steroid dienone is 2. The van der Waals surface area contributed by atoms with Crippen LogP contribution in [0.4, 0.5) is 0 Å². The van der Waals surface area contributed by atoms with Crippen LogP contribution in [0.3, 0.4) is 0 Å². The summed E-state index contributed by atoms with van der Waals surface area (Å²) in [5, 5.41) is 0. The molecule has 0 amide bonds. The molecule has 0 atom stereocenters. The summed E-state index contributed by atoms with van der Waals surface area (Å²) in [5.41, 5.74) is 7.15. The highest BCUT2D eigenvalue weighted by Gasteiger charge is 2.30. The second-order valence-electron chi connectivity index (χ2n) is 3.38. The summed E-state index contributed by atoms with van der Waals surface area (Å²) >= 11 is 3.05. The molecule has 0 saturated heterocycles. The highest BCUT2D eigenvalue weighted by Crippen LogP contribution is 2.29. The van der Waals surface area contributed by atoms with Crippen molar-refractivity contribution in [3.63, 3.8) is 0 Å². The average molecular weight is 266 g/mol. The lowest BCUT2D eigenvalue weighted by Gasteiger charge is -2.16. The molecule has 15 heavy (non-hydrogen) atoms. The highest BCUT2D eigenvalue weighted by atomic mass is 79.9. The molecule has 0 radical (unpaired) electrons. The van der Waals surface area contributed by atoms with Crippen LogP contribution in [0.1, 0.15) is 26.3 Å². The molecule has 0 saturated carbocycles. The third-order valence-corrected chi connectivity index (χ3v) is 3.21. The van der Waals surface area contributed by atoms with E-state index < -0.39 is 0 Å². The van der Waals surface area contributed by atoms with E-state index in [1.54, 1.807) is 25.1 Å². The molecule has 0 unspecified atom stereocenters. The topological polar surface area (TPSA) is 60.2 Å². The van der Waals surface area contributed by atoms with Gasteiger partial charge in [0.05, 0.1) is 10.2 Å². The molecule has 1 aliphatic carbocycles. The van der Waals surface area contributed by atoms with Gasteiger partial charge < -0.3 is 5.73 Å². The number of ketones is 2. The van der Waals surface area contributed by atoms with E-state index in [0.717, 1.165) is 5.56 Å². The zero-order valence-corrected chi connectivity index (χ0v) is 9.59. The maximum absolute atomic E-state index is 11.9. The second kappa shape index (κ2) is 3.31. The Kier molecular flexibility index (Phi) is 2.23. The Morgan fingerprint density at radius 3 is 2.53 bits per heavy atom. The number of fused-ring (bicyclic) bond motifs is 1. The number of carbonyl (C=O) groups is 2. The van der Waals surface area contributed by atoms with Crippen molar-refractivity contribution in [3.8, 4) is 0 Å². The number of halogens is 1. The summed E-state index contributed by atoms with van der Waals surface area (Å²) in [7, 11) is 0. The largest absolute Gasteiger partial charge is 0.395 e. The molecule has 1 aromatic rings. The Morgan fingerprint density at radius 1 is 1.20 bits per heavy atom. The lowest BCUT2D eigenvalue weighted by Crippen LogP contribution is -2.25. The predicted octanol–water partition coefficient (Wildman–Crippen LogP) is 1.94. The lowest BCUT2D eigenvalue weighted by molar-refractivity contribution is 0.0980. The fraction of sp³-hybridized carbons (Fsp3) is 0.0909. The number of carbonyl (C=O) groups excluding carboxylic acids is 2. The normalized spacial score (nSPS) is 15.6. The SMILES string of the molecule is Cc1cccc2c1C(=O)C(Br)=C(N)C2=O. The maximum atomic E-state index is 11.9. The van der Waals surface area contributed by atoms with E-state index in [-0.39, 0.29) is 21.7 Å². The van der Waals surface area contributed by atoms with Gasteiger partial charge in [0.25, 0.3) is 0 Å². The van der Waals surface area contributed by atoms with E-state index in [0.29, 0.717) is 11.1 Å². The van der Waals surface area contributed by atoms with E-state index in [9.17, 15) is 9.59 Å². The van der Waals surface area contributed by atoms with Gasteiger partial charge in [-0.2, -0.15) is 0 Å². The van der Waals surface area contributed by atoms with Crippen LogP contribution in [0.15, 0.2) is 28.4 Å². The van der Waals surface area contributed by atoms with E-state index in [1.165, 1.54) is 0 Å². The van der Waals surface area contributed by atoms with Crippen LogP contribution in [0.5, 0.6) is 0 Å². The minimum atomic E-state index is -0.292. The minimum absolute atomic E-state index is 0.0156. The van der Waals surface area contributed by atoms with Gasteiger partial charge in [-0.25, -0.2) is 0 Å². The van der Waals surface area contributed by atoms with Crippen molar-refractivity contribution in [3.05, 3.63) is 45.1 Å². The lowest BCUT2D eigenvalue weighted by atomic mass is 9.90. The van der Waals surface area contributed by atoms with E-state index in [2.05, 4.69) is 15.9 Å². The van der Waals surface area contributed by atoms with Crippen molar-refractivity contribution in [2.75, 3.05) is 0 Å². The number of hydrogen-bond donors (Lipinski definition) is 1. The zero-order chi connectivity index (χ0) is 11.2. The fourth-order valence-electron chi connectivity index (χ4n) is 1.64. The Morgan fingerprint density at radius 2 is 1.87 bits per heavy atom. The quantitative estimate of drug-likeness (QED) is 0.780. The Bertz CT molecular complexity index is 517. The predicted molar refractivity (Wildman–Crippen MR) is 60.0 cm³/mol. The smallest absolute Gasteiger partial charge is 0.210 e. The Balaban J connectivity index is 2.79. The van der Waals surface area contributed by atoms with Crippen molar-refractivity contribution in [2.24, 2.45) is 5.73 Å². The van der Waals surface area contributed by atoms with Crippen LogP contribution in [0, 0.1) is 6.92 Å². The van der Waals surface area contributed by atoms with Gasteiger partial charge in [0.1, 0.15) is 0 Å². The summed E-state index contributed by atoms with van der Waals surface area (Å²) < 4.78 is 0.161. The summed E-state index contributed by atoms with van der Waals surface area (Å²) in [4.78, 5) is 23.6. The Hall–Kier alpha value is -1.42. The van der Waals surface area contributed by atoms with Crippen molar-refractivity contribution in [2.45, 2.75) is 6.92 Å². The summed E-state index contributed by atoms with van der Waals surface area (Å²) in [6, 6.07) is 5.16. The van der Waals surface area contributed by atoms with Crippen LogP contribution in [0.25, 0.3) is 0 Å². The van der Waals surface area contributed by atoms with Gasteiger partial charge in [0.2, 0.25) is 11.6 Å². The number of rotatable bonds is 0. The molecule has 3 nitrogen and oxygen atoms in total. The molecule has 0 aromatic heterocycles. The third kappa shape index (κ3) is 1.33. The van der Waals surface area contributed by atoms with Crippen molar-refractivity contribution < 1.29 is 9.59 Å². The summed E-state index contributed by atoms with van der Waals surface area (Å²) in [5.74, 6) is -0.514. The van der Waals surface area contributed by atoms with Crippen LogP contribution >= 0.6 is 15.9 Å². The standard InChI is InChI=1S/C11H8BrNO2/c1-5-3-2-4-6-7(5)11(15)8(12)9(13)10(6)14/h2-4H,13H2,1H3. The second-order valence-corrected chi connectivity index (χ2v) is 4.18. The van der Waals surface area contributed by atoms with Crippen LogP contribution in [-0.4, -0.2) is 11.6 Å². The average Bonchev–Trinajstić information content (AvgIpc) is 2.23. The molecule has 0 heterocycles. The number of hydrogen-bond acceptors (Lipinski definition) is 3. The Labute approximate surface area is 95.1 Å². The summed E-state index contributed by atoms with van der Waals surface area (Å²) in [6.45, 7) is 1.80. The molecule has 0 aliphatic heterocycles. The highest BCUT2D eigenvalue weighted by molar-refractivity contribution is 9.12. The van der Waals surface area contributed by atoms with Gasteiger partial charge in [-0.1, -0.05) is 18.2 Å². The number of nitrogens with two attached hydrogens (primary N) is 1. The third-order valence-electron chi connectivity index (χ3n) is 2.42. The van der Waals surface area contributed by atoms with Gasteiger partial charge in [-0.05, 0) is 28.4 Å². The van der Waals surface area contributed by atoms with E-state index in [4.69, 9.17) is 5.73 Å². The molecule has 4 heteroatoms. The van der Waals surface area contributed by atoms with Crippen LogP contribution in [-0.2, 0) is 0 Å². The molecule has 76 valence electrons. The molecular formula is C11H8BrNO2. The molecule has 2 N–H and O–H groups in total. The first kappa shape index (κ1) is 10.1. The first-order chi connectivity index (χ1) is 7.04. The van der Waals surface area contributed by atoms with Gasteiger partial charge in [0.15, 0.2) is 0 Å². The maximum Gasteiger partial charge on any atom is 0.210 e. The first-order valence-corrected chi connectivity index (χ1v) is 5.17. The molecule has 1 aromatic carbocycles. The fourth-order valence-corrected chi connectivity index (χ4v) is 2.01. The van der Waals surface area contributed by atoms with Gasteiger partial charge in [0, 0.05) is 11.1 Å². The van der Waals surface area contributed by atoms with E-state index >= 15 is 0 Å². The molecule has 0 fully saturated rings. The molecule has 0 spiro atoms. The molecule has 1 aliphatic rings. The molecule has 0 bridgehead atoms. The number of Topliss-reactive ketones (excluding diaryl/α,β-unsaturated/α-hetero) is 2. The number of aryl methyl sites for hydroxylation is 1.